The lowest BCUT2D eigenvalue weighted by Gasteiger charge is -2.17. The van der Waals surface area contributed by atoms with E-state index < -0.39 is 0 Å². The lowest BCUT2D eigenvalue weighted by Crippen LogP contribution is -2.31. The monoisotopic (exact) mass is 373 g/mol. The summed E-state index contributed by atoms with van der Waals surface area (Å²) >= 11 is 1.45. The highest BCUT2D eigenvalue weighted by Crippen LogP contribution is 2.41. The van der Waals surface area contributed by atoms with Crippen molar-refractivity contribution in [2.45, 2.75) is 19.1 Å². The van der Waals surface area contributed by atoms with Gasteiger partial charge in [0, 0.05) is 10.6 Å². The van der Waals surface area contributed by atoms with E-state index in [0.29, 0.717) is 16.2 Å². The maximum Gasteiger partial charge on any atom is 0.272 e. The minimum Gasteiger partial charge on any atom is -0.268 e. The van der Waals surface area contributed by atoms with Crippen molar-refractivity contribution in [1.82, 2.24) is 0 Å². The highest BCUT2D eigenvalue weighted by atomic mass is 32.2. The number of anilines is 1. The van der Waals surface area contributed by atoms with Gasteiger partial charge in [-0.3, -0.25) is 9.59 Å². The maximum absolute atomic E-state index is 13.4. The molecular weight excluding hydrogens is 354 g/mol. The summed E-state index contributed by atoms with van der Waals surface area (Å²) in [6.07, 6.45) is 0. The SMILES string of the molecule is CC(C)SC1=C(c2ccccc2)C(=O)N(c2cccc3ccccc23)C1=O. The van der Waals surface area contributed by atoms with Crippen LogP contribution in [0, 0.1) is 0 Å². The topological polar surface area (TPSA) is 37.4 Å². The van der Waals surface area contributed by atoms with E-state index in [-0.39, 0.29) is 17.1 Å². The van der Waals surface area contributed by atoms with Gasteiger partial charge in [0.25, 0.3) is 11.8 Å². The Morgan fingerprint density at radius 3 is 2.19 bits per heavy atom. The van der Waals surface area contributed by atoms with Crippen LogP contribution in [-0.4, -0.2) is 17.1 Å². The van der Waals surface area contributed by atoms with E-state index in [1.165, 1.54) is 16.7 Å². The van der Waals surface area contributed by atoms with E-state index in [4.69, 9.17) is 0 Å². The Kier molecular flexibility index (Phi) is 4.58. The molecule has 1 heterocycles. The molecule has 134 valence electrons. The Bertz CT molecular complexity index is 1060. The van der Waals surface area contributed by atoms with Crippen LogP contribution < -0.4 is 4.90 Å². The van der Waals surface area contributed by atoms with Crippen molar-refractivity contribution in [2.75, 3.05) is 4.90 Å². The van der Waals surface area contributed by atoms with Gasteiger partial charge in [-0.1, -0.05) is 80.6 Å². The van der Waals surface area contributed by atoms with Crippen LogP contribution in [0.2, 0.25) is 0 Å². The van der Waals surface area contributed by atoms with Gasteiger partial charge in [-0.15, -0.1) is 11.8 Å². The highest BCUT2D eigenvalue weighted by Gasteiger charge is 2.40. The average molecular weight is 373 g/mol. The van der Waals surface area contributed by atoms with E-state index in [1.807, 2.05) is 86.6 Å². The third-order valence-electron chi connectivity index (χ3n) is 4.46. The first-order chi connectivity index (χ1) is 13.1. The summed E-state index contributed by atoms with van der Waals surface area (Å²) in [5.41, 5.74) is 1.91. The lowest BCUT2D eigenvalue weighted by molar-refractivity contribution is -0.119. The van der Waals surface area contributed by atoms with Crippen LogP contribution in [0.3, 0.4) is 0 Å². The molecule has 0 spiro atoms. The number of hydrogen-bond acceptors (Lipinski definition) is 3. The summed E-state index contributed by atoms with van der Waals surface area (Å²) in [5.74, 6) is -0.500. The second-order valence-electron chi connectivity index (χ2n) is 6.68. The number of fused-ring (bicyclic) bond motifs is 1. The zero-order chi connectivity index (χ0) is 19.0. The van der Waals surface area contributed by atoms with E-state index in [2.05, 4.69) is 0 Å². The van der Waals surface area contributed by atoms with Gasteiger partial charge in [-0.05, 0) is 17.0 Å². The first-order valence-corrected chi connectivity index (χ1v) is 9.79. The minimum absolute atomic E-state index is 0.197. The molecule has 0 aromatic heterocycles. The highest BCUT2D eigenvalue weighted by molar-refractivity contribution is 8.04. The number of benzene rings is 3. The quantitative estimate of drug-likeness (QED) is 0.585. The summed E-state index contributed by atoms with van der Waals surface area (Å²) in [6, 6.07) is 23.0. The number of nitrogens with zero attached hydrogens (tertiary/aromatic N) is 1. The molecule has 27 heavy (non-hydrogen) atoms. The zero-order valence-corrected chi connectivity index (χ0v) is 16.0. The number of thioether (sulfide) groups is 1. The lowest BCUT2D eigenvalue weighted by atomic mass is 10.1. The van der Waals surface area contributed by atoms with Gasteiger partial charge < -0.3 is 0 Å². The fourth-order valence-electron chi connectivity index (χ4n) is 3.34. The minimum atomic E-state index is -0.259. The molecule has 4 rings (SSSR count). The zero-order valence-electron chi connectivity index (χ0n) is 15.2. The third-order valence-corrected chi connectivity index (χ3v) is 5.55. The molecule has 3 nitrogen and oxygen atoms in total. The van der Waals surface area contributed by atoms with Gasteiger partial charge in [-0.25, -0.2) is 4.90 Å². The molecule has 0 fully saturated rings. The van der Waals surface area contributed by atoms with E-state index in [1.54, 1.807) is 0 Å². The fraction of sp³-hybridized carbons (Fsp3) is 0.130. The number of rotatable bonds is 4. The molecule has 1 aliphatic heterocycles. The molecule has 3 aromatic carbocycles. The first-order valence-electron chi connectivity index (χ1n) is 8.91. The molecule has 0 saturated heterocycles. The number of imide groups is 1. The Morgan fingerprint density at radius 2 is 1.44 bits per heavy atom. The largest absolute Gasteiger partial charge is 0.272 e. The average Bonchev–Trinajstić information content (AvgIpc) is 2.91. The summed E-state index contributed by atoms with van der Waals surface area (Å²) < 4.78 is 0. The Morgan fingerprint density at radius 1 is 0.778 bits per heavy atom. The molecule has 4 heteroatoms. The van der Waals surface area contributed by atoms with Gasteiger partial charge >= 0.3 is 0 Å². The second kappa shape index (κ2) is 7.05. The van der Waals surface area contributed by atoms with Crippen molar-refractivity contribution in [2.24, 2.45) is 0 Å². The summed E-state index contributed by atoms with van der Waals surface area (Å²) in [4.78, 5) is 28.5. The van der Waals surface area contributed by atoms with Crippen LogP contribution >= 0.6 is 11.8 Å². The van der Waals surface area contributed by atoms with Crippen LogP contribution in [0.25, 0.3) is 16.3 Å². The number of hydrogen-bond donors (Lipinski definition) is 0. The molecule has 0 radical (unpaired) electrons. The van der Waals surface area contributed by atoms with Crippen molar-refractivity contribution in [3.8, 4) is 0 Å². The van der Waals surface area contributed by atoms with E-state index >= 15 is 0 Å². The van der Waals surface area contributed by atoms with Gasteiger partial charge in [0.05, 0.1) is 16.2 Å². The molecule has 0 atom stereocenters. The van der Waals surface area contributed by atoms with E-state index in [9.17, 15) is 9.59 Å². The number of carbonyl (C=O) groups excluding carboxylic acids is 2. The summed E-state index contributed by atoms with van der Waals surface area (Å²) in [6.45, 7) is 4.05. The van der Waals surface area contributed by atoms with Crippen LogP contribution in [0.4, 0.5) is 5.69 Å². The van der Waals surface area contributed by atoms with E-state index in [0.717, 1.165) is 16.3 Å². The summed E-state index contributed by atoms with van der Waals surface area (Å²) in [7, 11) is 0. The predicted molar refractivity (Wildman–Crippen MR) is 113 cm³/mol. The van der Waals surface area contributed by atoms with Crippen molar-refractivity contribution in [3.05, 3.63) is 83.3 Å². The molecule has 0 unspecified atom stereocenters. The van der Waals surface area contributed by atoms with Gasteiger partial charge in [0.15, 0.2) is 0 Å². The van der Waals surface area contributed by atoms with Crippen molar-refractivity contribution in [1.29, 1.82) is 0 Å². The molecule has 1 aliphatic rings. The van der Waals surface area contributed by atoms with Crippen LogP contribution in [0.1, 0.15) is 19.4 Å². The number of carbonyl (C=O) groups is 2. The van der Waals surface area contributed by atoms with Crippen LogP contribution in [0.15, 0.2) is 77.7 Å². The number of amides is 2. The Balaban J connectivity index is 1.88. The van der Waals surface area contributed by atoms with Crippen LogP contribution in [-0.2, 0) is 9.59 Å². The molecule has 0 bridgehead atoms. The molecule has 2 amide bonds. The van der Waals surface area contributed by atoms with Gasteiger partial charge in [-0.2, -0.15) is 0 Å². The van der Waals surface area contributed by atoms with Crippen LogP contribution in [0.5, 0.6) is 0 Å². The third kappa shape index (κ3) is 3.06. The smallest absolute Gasteiger partial charge is 0.268 e. The first kappa shape index (κ1) is 17.6. The second-order valence-corrected chi connectivity index (χ2v) is 8.27. The van der Waals surface area contributed by atoms with Gasteiger partial charge in [0.1, 0.15) is 0 Å². The van der Waals surface area contributed by atoms with Gasteiger partial charge in [0.2, 0.25) is 0 Å². The normalized spacial score (nSPS) is 14.7. The molecule has 0 saturated carbocycles. The van der Waals surface area contributed by atoms with Crippen molar-refractivity contribution in [3.63, 3.8) is 0 Å². The molecule has 0 N–H and O–H groups in total. The molecule has 0 aliphatic carbocycles. The predicted octanol–water partition coefficient (Wildman–Crippen LogP) is 5.27. The van der Waals surface area contributed by atoms with Crippen molar-refractivity contribution >= 4 is 45.6 Å². The summed E-state index contributed by atoms with van der Waals surface area (Å²) in [5, 5.41) is 2.09. The standard InChI is InChI=1S/C23H19NO2S/c1-15(2)27-21-20(17-10-4-3-5-11-17)22(25)24(23(21)26)19-14-8-12-16-9-6-7-13-18(16)19/h3-15H,1-2H3. The Labute approximate surface area is 162 Å². The molecular formula is C23H19NO2S. The molecule has 3 aromatic rings. The maximum atomic E-state index is 13.4. The van der Waals surface area contributed by atoms with Crippen molar-refractivity contribution < 1.29 is 9.59 Å². The Hall–Kier alpha value is -2.85. The fourth-order valence-corrected chi connectivity index (χ4v) is 4.32.